The lowest BCUT2D eigenvalue weighted by atomic mass is 10.1. The largest absolute Gasteiger partial charge is 0.496 e. The van der Waals surface area contributed by atoms with Crippen LogP contribution in [0.2, 0.25) is 0 Å². The molecule has 23 heavy (non-hydrogen) atoms. The number of hydrogen-bond acceptors (Lipinski definition) is 4. The van der Waals surface area contributed by atoms with E-state index in [2.05, 4.69) is 15.6 Å². The molecule has 0 radical (unpaired) electrons. The Morgan fingerprint density at radius 2 is 1.96 bits per heavy atom. The minimum Gasteiger partial charge on any atom is -0.496 e. The summed E-state index contributed by atoms with van der Waals surface area (Å²) < 4.78 is 28.0. The molecule has 0 aromatic heterocycles. The number of benzene rings is 1. The van der Waals surface area contributed by atoms with Crippen molar-refractivity contribution in [1.82, 2.24) is 10.6 Å². The van der Waals surface area contributed by atoms with E-state index in [1.54, 1.807) is 28.0 Å². The fourth-order valence-corrected chi connectivity index (χ4v) is 2.16. The molecule has 0 saturated heterocycles. The lowest BCUT2D eigenvalue weighted by molar-refractivity contribution is 0.408. The van der Waals surface area contributed by atoms with Crippen LogP contribution in [0.4, 0.5) is 0 Å². The van der Waals surface area contributed by atoms with Crippen molar-refractivity contribution in [3.8, 4) is 5.75 Å². The summed E-state index contributed by atoms with van der Waals surface area (Å²) in [6.45, 7) is 6.18. The van der Waals surface area contributed by atoms with Gasteiger partial charge < -0.3 is 15.4 Å². The SMILES string of the molecule is CN=C(NCc1ccc(C)cc1OC)NCC(C)(C)S(C)(=O)=O. The van der Waals surface area contributed by atoms with Gasteiger partial charge in [0.05, 0.1) is 11.9 Å². The zero-order chi connectivity index (χ0) is 17.7. The fraction of sp³-hybridized carbons (Fsp3) is 0.562. The third-order valence-electron chi connectivity index (χ3n) is 3.80. The molecule has 7 heteroatoms. The molecule has 130 valence electrons. The maximum absolute atomic E-state index is 11.7. The zero-order valence-corrected chi connectivity index (χ0v) is 15.5. The second-order valence-electron chi connectivity index (χ2n) is 6.13. The molecule has 0 atom stereocenters. The summed E-state index contributed by atoms with van der Waals surface area (Å²) in [6, 6.07) is 5.98. The van der Waals surface area contributed by atoms with Crippen LogP contribution in [-0.2, 0) is 16.4 Å². The highest BCUT2D eigenvalue weighted by Crippen LogP contribution is 2.19. The van der Waals surface area contributed by atoms with E-state index >= 15 is 0 Å². The predicted octanol–water partition coefficient (Wildman–Crippen LogP) is 1.49. The van der Waals surface area contributed by atoms with Crippen molar-refractivity contribution in [2.45, 2.75) is 32.1 Å². The monoisotopic (exact) mass is 341 g/mol. The Balaban J connectivity index is 2.69. The summed E-state index contributed by atoms with van der Waals surface area (Å²) in [5, 5.41) is 6.22. The maximum atomic E-state index is 11.7. The summed E-state index contributed by atoms with van der Waals surface area (Å²) in [4.78, 5) is 4.12. The van der Waals surface area contributed by atoms with Gasteiger partial charge in [0, 0.05) is 32.0 Å². The molecule has 0 bridgehead atoms. The van der Waals surface area contributed by atoms with Gasteiger partial charge in [0.2, 0.25) is 0 Å². The summed E-state index contributed by atoms with van der Waals surface area (Å²) in [6.07, 6.45) is 1.24. The van der Waals surface area contributed by atoms with Crippen molar-refractivity contribution in [2.24, 2.45) is 4.99 Å². The minimum atomic E-state index is -3.15. The van der Waals surface area contributed by atoms with Gasteiger partial charge in [0.15, 0.2) is 15.8 Å². The number of guanidine groups is 1. The van der Waals surface area contributed by atoms with Crippen molar-refractivity contribution in [3.63, 3.8) is 0 Å². The minimum absolute atomic E-state index is 0.274. The molecule has 0 saturated carbocycles. The van der Waals surface area contributed by atoms with E-state index in [1.165, 1.54) is 6.26 Å². The number of ether oxygens (including phenoxy) is 1. The van der Waals surface area contributed by atoms with Crippen LogP contribution >= 0.6 is 0 Å². The number of nitrogens with zero attached hydrogens (tertiary/aromatic N) is 1. The Kier molecular flexibility index (Phi) is 6.44. The Morgan fingerprint density at radius 1 is 1.30 bits per heavy atom. The molecule has 0 heterocycles. The quantitative estimate of drug-likeness (QED) is 0.605. The van der Waals surface area contributed by atoms with E-state index in [1.807, 2.05) is 25.1 Å². The molecule has 0 amide bonds. The molecule has 0 aliphatic rings. The van der Waals surface area contributed by atoms with E-state index in [0.29, 0.717) is 12.5 Å². The number of aryl methyl sites for hydroxylation is 1. The van der Waals surface area contributed by atoms with Gasteiger partial charge in [-0.3, -0.25) is 4.99 Å². The molecule has 1 aromatic rings. The maximum Gasteiger partial charge on any atom is 0.191 e. The Morgan fingerprint density at radius 3 is 2.48 bits per heavy atom. The number of hydrogen-bond donors (Lipinski definition) is 2. The van der Waals surface area contributed by atoms with Crippen molar-refractivity contribution in [2.75, 3.05) is 27.0 Å². The van der Waals surface area contributed by atoms with Crippen LogP contribution in [0.1, 0.15) is 25.0 Å². The Labute approximate surface area is 139 Å². The first-order valence-corrected chi connectivity index (χ1v) is 9.27. The van der Waals surface area contributed by atoms with Gasteiger partial charge in [-0.1, -0.05) is 12.1 Å². The third-order valence-corrected chi connectivity index (χ3v) is 5.95. The molecule has 0 fully saturated rings. The van der Waals surface area contributed by atoms with Crippen molar-refractivity contribution in [3.05, 3.63) is 29.3 Å². The molecule has 0 spiro atoms. The van der Waals surface area contributed by atoms with Gasteiger partial charge in [0.25, 0.3) is 0 Å². The summed E-state index contributed by atoms with van der Waals surface area (Å²) in [5.74, 6) is 1.36. The van der Waals surface area contributed by atoms with Crippen LogP contribution in [0.3, 0.4) is 0 Å². The molecule has 0 aliphatic heterocycles. The second kappa shape index (κ2) is 7.68. The van der Waals surface area contributed by atoms with Crippen LogP contribution < -0.4 is 15.4 Å². The summed E-state index contributed by atoms with van der Waals surface area (Å²) in [7, 11) is 0.133. The Bertz CT molecular complexity index is 667. The first kappa shape index (κ1) is 19.3. The number of rotatable bonds is 6. The third kappa shape index (κ3) is 5.42. The lowest BCUT2D eigenvalue weighted by Crippen LogP contribution is -2.47. The number of aliphatic imine (C=N–C) groups is 1. The normalized spacial score (nSPS) is 12.9. The average Bonchev–Trinajstić information content (AvgIpc) is 2.47. The molecule has 2 N–H and O–H groups in total. The van der Waals surface area contributed by atoms with Crippen LogP contribution in [0.15, 0.2) is 23.2 Å². The molecule has 6 nitrogen and oxygen atoms in total. The van der Waals surface area contributed by atoms with E-state index < -0.39 is 14.6 Å². The number of methoxy groups -OCH3 is 1. The van der Waals surface area contributed by atoms with Crippen molar-refractivity contribution < 1.29 is 13.2 Å². The van der Waals surface area contributed by atoms with Gasteiger partial charge in [-0.05, 0) is 32.4 Å². The molecule has 1 rings (SSSR count). The summed E-state index contributed by atoms with van der Waals surface area (Å²) >= 11 is 0. The van der Waals surface area contributed by atoms with Gasteiger partial charge in [-0.2, -0.15) is 0 Å². The molecule has 1 aromatic carbocycles. The van der Waals surface area contributed by atoms with Gasteiger partial charge >= 0.3 is 0 Å². The van der Waals surface area contributed by atoms with Gasteiger partial charge in [-0.15, -0.1) is 0 Å². The van der Waals surface area contributed by atoms with Crippen molar-refractivity contribution in [1.29, 1.82) is 0 Å². The number of sulfone groups is 1. The predicted molar refractivity (Wildman–Crippen MR) is 94.9 cm³/mol. The zero-order valence-electron chi connectivity index (χ0n) is 14.7. The molecular weight excluding hydrogens is 314 g/mol. The van der Waals surface area contributed by atoms with Gasteiger partial charge in [-0.25, -0.2) is 8.42 Å². The van der Waals surface area contributed by atoms with Crippen LogP contribution in [0.25, 0.3) is 0 Å². The first-order chi connectivity index (χ1) is 10.6. The van der Waals surface area contributed by atoms with E-state index in [-0.39, 0.29) is 6.54 Å². The van der Waals surface area contributed by atoms with Crippen LogP contribution in [0.5, 0.6) is 5.75 Å². The smallest absolute Gasteiger partial charge is 0.191 e. The topological polar surface area (TPSA) is 79.8 Å². The molecular formula is C16H27N3O3S. The summed E-state index contributed by atoms with van der Waals surface area (Å²) in [5.41, 5.74) is 2.13. The van der Waals surface area contributed by atoms with Crippen LogP contribution in [0, 0.1) is 6.92 Å². The molecule has 0 aliphatic carbocycles. The van der Waals surface area contributed by atoms with Gasteiger partial charge in [0.1, 0.15) is 5.75 Å². The van der Waals surface area contributed by atoms with E-state index in [4.69, 9.17) is 4.74 Å². The van der Waals surface area contributed by atoms with Crippen molar-refractivity contribution >= 4 is 15.8 Å². The van der Waals surface area contributed by atoms with E-state index in [0.717, 1.165) is 16.9 Å². The van der Waals surface area contributed by atoms with Crippen LogP contribution in [-0.4, -0.2) is 46.1 Å². The lowest BCUT2D eigenvalue weighted by Gasteiger charge is -2.24. The number of nitrogens with one attached hydrogen (secondary N) is 2. The second-order valence-corrected chi connectivity index (χ2v) is 8.78. The average molecular weight is 341 g/mol. The first-order valence-electron chi connectivity index (χ1n) is 7.38. The highest BCUT2D eigenvalue weighted by molar-refractivity contribution is 7.92. The van der Waals surface area contributed by atoms with E-state index in [9.17, 15) is 8.42 Å². The Hall–Kier alpha value is -1.76. The highest BCUT2D eigenvalue weighted by atomic mass is 32.2. The highest BCUT2D eigenvalue weighted by Gasteiger charge is 2.30. The standard InChI is InChI=1S/C16H27N3O3S/c1-12-7-8-13(14(9-12)22-5)10-18-15(17-4)19-11-16(2,3)23(6,20)21/h7-9H,10-11H2,1-6H3,(H2,17,18,19). The fourth-order valence-electron chi connectivity index (χ4n) is 1.83. The molecule has 0 unspecified atom stereocenters.